The van der Waals surface area contributed by atoms with Crippen LogP contribution in [0.4, 0.5) is 5.69 Å². The van der Waals surface area contributed by atoms with E-state index >= 15 is 0 Å². The number of hydrogen-bond donors (Lipinski definition) is 0. The lowest BCUT2D eigenvalue weighted by atomic mass is 10.1. The van der Waals surface area contributed by atoms with Crippen LogP contribution < -0.4 is 4.90 Å². The Labute approximate surface area is 144 Å². The van der Waals surface area contributed by atoms with Crippen LogP contribution in [0.15, 0.2) is 41.6 Å². The van der Waals surface area contributed by atoms with Gasteiger partial charge in [-0.05, 0) is 25.1 Å². The minimum Gasteiger partial charge on any atom is -0.341 e. The largest absolute Gasteiger partial charge is 0.341 e. The summed E-state index contributed by atoms with van der Waals surface area (Å²) in [6.45, 7) is 4.18. The zero-order valence-corrected chi connectivity index (χ0v) is 14.2. The van der Waals surface area contributed by atoms with Gasteiger partial charge in [-0.1, -0.05) is 23.4 Å². The van der Waals surface area contributed by atoms with Crippen molar-refractivity contribution in [1.29, 1.82) is 0 Å². The first-order chi connectivity index (χ1) is 12.0. The van der Waals surface area contributed by atoms with Crippen molar-refractivity contribution in [2.24, 2.45) is 5.16 Å². The Bertz CT molecular complexity index is 1080. The Morgan fingerprint density at radius 2 is 1.92 bits per heavy atom. The topological polar surface area (TPSA) is 63.9 Å². The number of benzene rings is 2. The first-order valence-electron chi connectivity index (χ1n) is 8.12. The highest BCUT2D eigenvalue weighted by molar-refractivity contribution is 6.55. The number of nitrogens with zero attached hydrogens (tertiary/aromatic N) is 3. The number of likely N-dealkylation sites (N-methyl/N-ethyl adjacent to an activating group) is 1. The number of carbonyl (C=O) groups excluding carboxylic acids is 2. The molecule has 4 rings (SSSR count). The normalized spacial score (nSPS) is 15.4. The summed E-state index contributed by atoms with van der Waals surface area (Å²) in [4.78, 5) is 30.2. The molecule has 1 aromatic heterocycles. The molecule has 0 saturated carbocycles. The average molecular weight is 335 g/mol. The zero-order valence-electron chi connectivity index (χ0n) is 14.2. The van der Waals surface area contributed by atoms with Crippen molar-refractivity contribution in [3.8, 4) is 0 Å². The number of Topliss-reactive ketones (excluding diaryl/α,β-unsaturated/α-hetero) is 1. The first kappa shape index (κ1) is 15.4. The number of hydrogen-bond acceptors (Lipinski definition) is 4. The lowest BCUT2D eigenvalue weighted by molar-refractivity contribution is -0.140. The van der Waals surface area contributed by atoms with Crippen LogP contribution in [0.3, 0.4) is 0 Å². The van der Waals surface area contributed by atoms with E-state index in [1.165, 1.54) is 6.92 Å². The van der Waals surface area contributed by atoms with Gasteiger partial charge in [0.1, 0.15) is 0 Å². The third-order valence-corrected chi connectivity index (χ3v) is 4.59. The van der Waals surface area contributed by atoms with E-state index in [9.17, 15) is 9.59 Å². The van der Waals surface area contributed by atoms with Gasteiger partial charge in [0.25, 0.3) is 0 Å². The van der Waals surface area contributed by atoms with E-state index in [1.807, 2.05) is 24.3 Å². The number of rotatable bonds is 2. The number of carbonyl (C=O) groups is 2. The Balaban J connectivity index is 2.05. The smallest absolute Gasteiger partial charge is 0.332 e. The molecule has 126 valence electrons. The second-order valence-corrected chi connectivity index (χ2v) is 6.00. The number of ketones is 1. The maximum atomic E-state index is 12.7. The Morgan fingerprint density at radius 3 is 2.64 bits per heavy atom. The second-order valence-electron chi connectivity index (χ2n) is 6.00. The molecule has 0 N–H and O–H groups in total. The van der Waals surface area contributed by atoms with E-state index in [0.717, 1.165) is 34.0 Å². The highest BCUT2D eigenvalue weighted by Crippen LogP contribution is 2.41. The molecule has 1 aliphatic rings. The number of aryl methyl sites for hydroxylation is 1. The maximum Gasteiger partial charge on any atom is 0.332 e. The van der Waals surface area contributed by atoms with Gasteiger partial charge in [0.05, 0.1) is 16.8 Å². The second kappa shape index (κ2) is 5.44. The molecule has 6 nitrogen and oxygen atoms in total. The third kappa shape index (κ3) is 2.07. The van der Waals surface area contributed by atoms with Crippen LogP contribution in [0.5, 0.6) is 0 Å². The number of anilines is 1. The van der Waals surface area contributed by atoms with E-state index in [-0.39, 0.29) is 11.6 Å². The summed E-state index contributed by atoms with van der Waals surface area (Å²) < 4.78 is 2.23. The number of para-hydroxylation sites is 1. The fourth-order valence-corrected chi connectivity index (χ4v) is 3.58. The molecule has 2 aromatic carbocycles. The molecule has 0 fully saturated rings. The molecule has 3 aromatic rings. The summed E-state index contributed by atoms with van der Waals surface area (Å²) in [5.74, 6) is -0.683. The van der Waals surface area contributed by atoms with Gasteiger partial charge in [0.2, 0.25) is 11.6 Å². The van der Waals surface area contributed by atoms with Crippen molar-refractivity contribution in [2.45, 2.75) is 20.4 Å². The molecule has 6 heteroatoms. The van der Waals surface area contributed by atoms with Crippen LogP contribution in [0.2, 0.25) is 0 Å². The molecule has 0 bridgehead atoms. The molecule has 0 radical (unpaired) electrons. The zero-order chi connectivity index (χ0) is 17.7. The highest BCUT2D eigenvalue weighted by Gasteiger charge is 2.35. The molecular weight excluding hydrogens is 318 g/mol. The van der Waals surface area contributed by atoms with Crippen molar-refractivity contribution < 1.29 is 14.4 Å². The van der Waals surface area contributed by atoms with Crippen molar-refractivity contribution in [1.82, 2.24) is 4.57 Å². The molecule has 25 heavy (non-hydrogen) atoms. The van der Waals surface area contributed by atoms with E-state index in [1.54, 1.807) is 11.9 Å². The number of fused-ring (bicyclic) bond motifs is 5. The van der Waals surface area contributed by atoms with Crippen molar-refractivity contribution in [3.63, 3.8) is 0 Å². The van der Waals surface area contributed by atoms with Gasteiger partial charge in [0, 0.05) is 36.8 Å². The predicted molar refractivity (Wildman–Crippen MR) is 97.1 cm³/mol. The lowest BCUT2D eigenvalue weighted by Gasteiger charge is -2.13. The Morgan fingerprint density at radius 1 is 1.16 bits per heavy atom. The van der Waals surface area contributed by atoms with Crippen LogP contribution in [0, 0.1) is 0 Å². The van der Waals surface area contributed by atoms with Crippen molar-refractivity contribution in [3.05, 3.63) is 42.0 Å². The highest BCUT2D eigenvalue weighted by atomic mass is 16.7. The Kier molecular flexibility index (Phi) is 3.35. The van der Waals surface area contributed by atoms with Gasteiger partial charge in [-0.25, -0.2) is 4.79 Å². The molecule has 0 spiro atoms. The predicted octanol–water partition coefficient (Wildman–Crippen LogP) is 3.32. The SMILES string of the molecule is CCn1c2ccccc2c2c3c(ccc21)C(=O)C(=NOC(C)=O)N3C. The van der Waals surface area contributed by atoms with Gasteiger partial charge in [-0.15, -0.1) is 0 Å². The minimum absolute atomic E-state index is 0.117. The molecule has 0 amide bonds. The fraction of sp³-hybridized carbons (Fsp3) is 0.211. The molecule has 2 heterocycles. The van der Waals surface area contributed by atoms with Gasteiger partial charge in [-0.2, -0.15) is 0 Å². The summed E-state index contributed by atoms with van der Waals surface area (Å²) in [6, 6.07) is 11.9. The van der Waals surface area contributed by atoms with E-state index in [0.29, 0.717) is 5.56 Å². The van der Waals surface area contributed by atoms with Crippen LogP contribution in [0.25, 0.3) is 21.8 Å². The fourth-order valence-electron chi connectivity index (χ4n) is 3.58. The maximum absolute atomic E-state index is 12.7. The standard InChI is InChI=1S/C19H17N3O3/c1-4-22-14-8-6-5-7-12(14)16-15(22)10-9-13-17(16)21(3)19(18(13)24)20-25-11(2)23/h5-10H,4H2,1-3H3. The number of aromatic nitrogens is 1. The summed E-state index contributed by atoms with van der Waals surface area (Å²) in [5, 5.41) is 5.85. The monoisotopic (exact) mass is 335 g/mol. The molecule has 0 atom stereocenters. The van der Waals surface area contributed by atoms with Gasteiger partial charge in [-0.3, -0.25) is 4.79 Å². The lowest BCUT2D eigenvalue weighted by Crippen LogP contribution is -2.26. The van der Waals surface area contributed by atoms with E-state index < -0.39 is 5.97 Å². The van der Waals surface area contributed by atoms with Crippen LogP contribution >= 0.6 is 0 Å². The minimum atomic E-state index is -0.558. The van der Waals surface area contributed by atoms with Crippen LogP contribution in [-0.4, -0.2) is 29.2 Å². The van der Waals surface area contributed by atoms with Crippen LogP contribution in [0.1, 0.15) is 24.2 Å². The van der Waals surface area contributed by atoms with Gasteiger partial charge >= 0.3 is 5.97 Å². The first-order valence-corrected chi connectivity index (χ1v) is 8.12. The summed E-state index contributed by atoms with van der Waals surface area (Å²) in [7, 11) is 1.77. The molecular formula is C19H17N3O3. The van der Waals surface area contributed by atoms with Gasteiger partial charge in [0.15, 0.2) is 0 Å². The summed E-state index contributed by atoms with van der Waals surface area (Å²) >= 11 is 0. The molecule has 0 unspecified atom stereocenters. The summed E-state index contributed by atoms with van der Waals surface area (Å²) in [5.41, 5.74) is 3.56. The molecule has 1 aliphatic heterocycles. The molecule has 0 aliphatic carbocycles. The van der Waals surface area contributed by atoms with Crippen molar-refractivity contribution >= 4 is 45.1 Å². The van der Waals surface area contributed by atoms with E-state index in [2.05, 4.69) is 28.8 Å². The van der Waals surface area contributed by atoms with Crippen molar-refractivity contribution in [2.75, 3.05) is 11.9 Å². The number of oxime groups is 1. The quantitative estimate of drug-likeness (QED) is 0.532. The average Bonchev–Trinajstić information content (AvgIpc) is 3.05. The van der Waals surface area contributed by atoms with Gasteiger partial charge < -0.3 is 14.3 Å². The molecule has 0 saturated heterocycles. The Hall–Kier alpha value is -3.15. The van der Waals surface area contributed by atoms with E-state index in [4.69, 9.17) is 4.84 Å². The third-order valence-electron chi connectivity index (χ3n) is 4.59. The summed E-state index contributed by atoms with van der Waals surface area (Å²) in [6.07, 6.45) is 0. The van der Waals surface area contributed by atoms with Crippen LogP contribution in [-0.2, 0) is 16.2 Å². The number of amidine groups is 1.